The molecule has 5 heteroatoms. The van der Waals surface area contributed by atoms with E-state index in [0.717, 1.165) is 18.9 Å². The highest BCUT2D eigenvalue weighted by Crippen LogP contribution is 2.26. The number of nitrogens with zero attached hydrogens (tertiary/aromatic N) is 3. The summed E-state index contributed by atoms with van der Waals surface area (Å²) in [5.74, 6) is 1.43. The maximum atomic E-state index is 6.09. The molecule has 3 rings (SSSR count). The van der Waals surface area contributed by atoms with Gasteiger partial charge in [0.05, 0.1) is 18.8 Å². The molecule has 2 aromatic rings. The van der Waals surface area contributed by atoms with Gasteiger partial charge in [0, 0.05) is 18.5 Å². The summed E-state index contributed by atoms with van der Waals surface area (Å²) < 4.78 is 11.5. The third-order valence-corrected chi connectivity index (χ3v) is 4.01. The molecule has 1 aliphatic heterocycles. The third-order valence-electron chi connectivity index (χ3n) is 4.01. The summed E-state index contributed by atoms with van der Waals surface area (Å²) in [7, 11) is 0. The van der Waals surface area contributed by atoms with Crippen molar-refractivity contribution in [2.45, 2.75) is 51.9 Å². The maximum Gasteiger partial charge on any atom is 0.240 e. The molecule has 2 atom stereocenters. The van der Waals surface area contributed by atoms with E-state index in [1.54, 1.807) is 0 Å². The Balaban J connectivity index is 1.69. The fraction of sp³-hybridized carbons (Fsp3) is 0.556. The van der Waals surface area contributed by atoms with Gasteiger partial charge in [0.15, 0.2) is 5.82 Å². The van der Waals surface area contributed by atoms with Gasteiger partial charge in [-0.25, -0.2) is 0 Å². The van der Waals surface area contributed by atoms with Crippen LogP contribution in [0.25, 0.3) is 0 Å². The van der Waals surface area contributed by atoms with Gasteiger partial charge in [-0.15, -0.1) is 0 Å². The molecule has 0 aliphatic carbocycles. The van der Waals surface area contributed by atoms with E-state index in [0.29, 0.717) is 12.4 Å². The van der Waals surface area contributed by atoms with Crippen molar-refractivity contribution in [3.05, 3.63) is 47.6 Å². The van der Waals surface area contributed by atoms with Gasteiger partial charge in [-0.05, 0) is 12.5 Å². The first kappa shape index (κ1) is 16.1. The van der Waals surface area contributed by atoms with E-state index < -0.39 is 0 Å². The number of rotatable bonds is 3. The summed E-state index contributed by atoms with van der Waals surface area (Å²) in [6, 6.07) is 10.4. The molecule has 1 aromatic heterocycles. The number of benzene rings is 1. The summed E-state index contributed by atoms with van der Waals surface area (Å²) in [5.41, 5.74) is 1.12. The van der Waals surface area contributed by atoms with Crippen molar-refractivity contribution in [1.29, 1.82) is 0 Å². The zero-order chi connectivity index (χ0) is 16.4. The molecule has 2 heterocycles. The van der Waals surface area contributed by atoms with Crippen molar-refractivity contribution in [3.8, 4) is 0 Å². The number of hydrogen-bond acceptors (Lipinski definition) is 5. The molecular weight excluding hydrogens is 290 g/mol. The van der Waals surface area contributed by atoms with Crippen molar-refractivity contribution >= 4 is 0 Å². The average Bonchev–Trinajstić information content (AvgIpc) is 2.96. The van der Waals surface area contributed by atoms with Gasteiger partial charge in [-0.2, -0.15) is 4.98 Å². The first-order valence-electron chi connectivity index (χ1n) is 8.17. The topological polar surface area (TPSA) is 51.4 Å². The molecule has 0 bridgehead atoms. The molecule has 5 nitrogen and oxygen atoms in total. The van der Waals surface area contributed by atoms with Crippen LogP contribution >= 0.6 is 0 Å². The van der Waals surface area contributed by atoms with Crippen LogP contribution in [0.15, 0.2) is 34.9 Å². The molecule has 0 radical (unpaired) electrons. The van der Waals surface area contributed by atoms with E-state index in [1.165, 1.54) is 5.56 Å². The van der Waals surface area contributed by atoms with E-state index in [9.17, 15) is 0 Å². The molecule has 124 valence electrons. The van der Waals surface area contributed by atoms with Crippen molar-refractivity contribution in [1.82, 2.24) is 15.0 Å². The second kappa shape index (κ2) is 6.42. The summed E-state index contributed by atoms with van der Waals surface area (Å²) in [6.45, 7) is 10.7. The summed E-state index contributed by atoms with van der Waals surface area (Å²) in [5, 5.41) is 4.11. The molecule has 1 saturated heterocycles. The Bertz CT molecular complexity index is 633. The summed E-state index contributed by atoms with van der Waals surface area (Å²) in [6.07, 6.45) is 0.268. The first-order chi connectivity index (χ1) is 10.9. The predicted molar refractivity (Wildman–Crippen MR) is 88.0 cm³/mol. The van der Waals surface area contributed by atoms with E-state index >= 15 is 0 Å². The highest BCUT2D eigenvalue weighted by atomic mass is 16.5. The minimum atomic E-state index is -0.0906. The minimum Gasteiger partial charge on any atom is -0.368 e. The molecular formula is C18H25N3O2. The normalized spacial score (nSPS) is 23.1. The lowest BCUT2D eigenvalue weighted by Crippen LogP contribution is -2.42. The summed E-state index contributed by atoms with van der Waals surface area (Å²) >= 11 is 0. The van der Waals surface area contributed by atoms with Gasteiger partial charge >= 0.3 is 0 Å². The van der Waals surface area contributed by atoms with E-state index in [2.05, 4.69) is 67.0 Å². The lowest BCUT2D eigenvalue weighted by molar-refractivity contribution is -0.0832. The maximum absolute atomic E-state index is 6.09. The lowest BCUT2D eigenvalue weighted by Gasteiger charge is -2.36. The third kappa shape index (κ3) is 3.98. The Morgan fingerprint density at radius 2 is 1.91 bits per heavy atom. The summed E-state index contributed by atoms with van der Waals surface area (Å²) in [4.78, 5) is 6.86. The van der Waals surface area contributed by atoms with Gasteiger partial charge in [0.2, 0.25) is 5.89 Å². The van der Waals surface area contributed by atoms with Crippen molar-refractivity contribution < 1.29 is 9.26 Å². The Hall–Kier alpha value is -1.72. The predicted octanol–water partition coefficient (Wildman–Crippen LogP) is 3.33. The monoisotopic (exact) mass is 315 g/mol. The Kier molecular flexibility index (Phi) is 4.50. The molecule has 23 heavy (non-hydrogen) atoms. The van der Waals surface area contributed by atoms with Crippen molar-refractivity contribution in [3.63, 3.8) is 0 Å². The average molecular weight is 315 g/mol. The van der Waals surface area contributed by atoms with E-state index in [1.807, 2.05) is 6.07 Å². The van der Waals surface area contributed by atoms with Crippen LogP contribution < -0.4 is 0 Å². The lowest BCUT2D eigenvalue weighted by atomic mass is 9.96. The number of ether oxygens (including phenoxy) is 1. The van der Waals surface area contributed by atoms with Crippen LogP contribution in [0.2, 0.25) is 0 Å². The van der Waals surface area contributed by atoms with Crippen molar-refractivity contribution in [2.75, 3.05) is 13.1 Å². The molecule has 0 amide bonds. The fourth-order valence-corrected chi connectivity index (χ4v) is 2.83. The van der Waals surface area contributed by atoms with Crippen LogP contribution in [-0.4, -0.2) is 34.2 Å². The molecule has 1 aromatic carbocycles. The van der Waals surface area contributed by atoms with Gasteiger partial charge in [-0.1, -0.05) is 56.3 Å². The molecule has 1 aliphatic rings. The SMILES string of the molecule is CC1CN(Cc2nc(C(C)(C)C)no2)CC(c2ccccc2)O1. The fourth-order valence-electron chi connectivity index (χ4n) is 2.83. The van der Waals surface area contributed by atoms with Gasteiger partial charge in [0.25, 0.3) is 0 Å². The Morgan fingerprint density at radius 3 is 2.57 bits per heavy atom. The molecule has 0 N–H and O–H groups in total. The van der Waals surface area contributed by atoms with Crippen molar-refractivity contribution in [2.24, 2.45) is 0 Å². The Labute approximate surface area is 137 Å². The zero-order valence-corrected chi connectivity index (χ0v) is 14.3. The highest BCUT2D eigenvalue weighted by Gasteiger charge is 2.28. The van der Waals surface area contributed by atoms with E-state index in [-0.39, 0.29) is 17.6 Å². The zero-order valence-electron chi connectivity index (χ0n) is 14.3. The molecule has 1 fully saturated rings. The smallest absolute Gasteiger partial charge is 0.240 e. The molecule has 2 unspecified atom stereocenters. The number of hydrogen-bond donors (Lipinski definition) is 0. The van der Waals surface area contributed by atoms with Crippen LogP contribution in [-0.2, 0) is 16.7 Å². The standard InChI is InChI=1S/C18H25N3O2/c1-13-10-21(11-15(22-13)14-8-6-5-7-9-14)12-16-19-17(20-23-16)18(2,3)4/h5-9,13,15H,10-12H2,1-4H3. The molecule has 0 spiro atoms. The van der Waals surface area contributed by atoms with Crippen LogP contribution in [0.5, 0.6) is 0 Å². The quantitative estimate of drug-likeness (QED) is 0.869. The van der Waals surface area contributed by atoms with Gasteiger partial charge in [0.1, 0.15) is 0 Å². The first-order valence-corrected chi connectivity index (χ1v) is 8.17. The second-order valence-corrected chi connectivity index (χ2v) is 7.30. The largest absolute Gasteiger partial charge is 0.368 e. The Morgan fingerprint density at radius 1 is 1.17 bits per heavy atom. The molecule has 0 saturated carbocycles. The van der Waals surface area contributed by atoms with Crippen LogP contribution in [0.1, 0.15) is 51.1 Å². The van der Waals surface area contributed by atoms with Crippen LogP contribution in [0.4, 0.5) is 0 Å². The van der Waals surface area contributed by atoms with Gasteiger partial charge < -0.3 is 9.26 Å². The van der Waals surface area contributed by atoms with Gasteiger partial charge in [-0.3, -0.25) is 4.90 Å². The number of morpholine rings is 1. The second-order valence-electron chi connectivity index (χ2n) is 7.30. The van der Waals surface area contributed by atoms with E-state index in [4.69, 9.17) is 9.26 Å². The highest BCUT2D eigenvalue weighted by molar-refractivity contribution is 5.18. The number of aromatic nitrogens is 2. The van der Waals surface area contributed by atoms with Crippen LogP contribution in [0.3, 0.4) is 0 Å². The van der Waals surface area contributed by atoms with Crippen LogP contribution in [0, 0.1) is 0 Å². The minimum absolute atomic E-state index is 0.0879.